The van der Waals surface area contributed by atoms with Crippen molar-refractivity contribution in [2.45, 2.75) is 6.17 Å². The third kappa shape index (κ3) is 2.65. The van der Waals surface area contributed by atoms with E-state index in [0.717, 1.165) is 11.3 Å². The first kappa shape index (κ1) is 15.1. The van der Waals surface area contributed by atoms with Crippen LogP contribution in [0.2, 0.25) is 0 Å². The summed E-state index contributed by atoms with van der Waals surface area (Å²) in [5, 5.41) is 2.66. The summed E-state index contributed by atoms with van der Waals surface area (Å²) in [7, 11) is 3.39. The van der Waals surface area contributed by atoms with Gasteiger partial charge >= 0.3 is 0 Å². The molecule has 0 saturated carbocycles. The second-order valence-electron chi connectivity index (χ2n) is 5.52. The van der Waals surface area contributed by atoms with Gasteiger partial charge in [0, 0.05) is 14.1 Å². The lowest BCUT2D eigenvalue weighted by Gasteiger charge is -2.43. The largest absolute Gasteiger partial charge is 0.358 e. The number of carbonyl (C=O) groups is 2. The van der Waals surface area contributed by atoms with Crippen molar-refractivity contribution in [2.24, 2.45) is 0 Å². The lowest BCUT2D eigenvalue weighted by molar-refractivity contribution is -0.119. The molecule has 1 N–H and O–H groups in total. The van der Waals surface area contributed by atoms with Gasteiger partial charge in [0.2, 0.25) is 5.91 Å². The van der Waals surface area contributed by atoms with Gasteiger partial charge in [-0.2, -0.15) is 0 Å². The van der Waals surface area contributed by atoms with Gasteiger partial charge in [-0.15, -0.1) is 0 Å². The van der Waals surface area contributed by atoms with E-state index in [0.29, 0.717) is 5.56 Å². The zero-order valence-electron chi connectivity index (χ0n) is 13.2. The molecule has 0 aromatic heterocycles. The Labute approximate surface area is 135 Å². The van der Waals surface area contributed by atoms with Crippen LogP contribution in [0, 0.1) is 0 Å². The standard InChI is InChI=1S/C18H19N3O2/c1-19-16(22)12-21-15-11-7-6-10-14(15)18(23)20(2)17(21)13-8-4-3-5-9-13/h3-11,17H,12H2,1-2H3,(H,19,22). The van der Waals surface area contributed by atoms with Gasteiger partial charge in [-0.05, 0) is 17.7 Å². The molecule has 2 aromatic carbocycles. The summed E-state index contributed by atoms with van der Waals surface area (Å²) in [4.78, 5) is 28.3. The zero-order valence-corrected chi connectivity index (χ0v) is 13.2. The van der Waals surface area contributed by atoms with E-state index in [1.807, 2.05) is 53.4 Å². The quantitative estimate of drug-likeness (QED) is 0.944. The van der Waals surface area contributed by atoms with Crippen LogP contribution < -0.4 is 10.2 Å². The Morgan fingerprint density at radius 2 is 1.74 bits per heavy atom. The molecule has 3 rings (SSSR count). The molecule has 0 saturated heterocycles. The van der Waals surface area contributed by atoms with Gasteiger partial charge in [0.1, 0.15) is 6.17 Å². The van der Waals surface area contributed by atoms with Crippen molar-refractivity contribution in [3.63, 3.8) is 0 Å². The SMILES string of the molecule is CNC(=O)CN1c2ccccc2C(=O)N(C)C1c1ccccc1. The second kappa shape index (κ2) is 6.12. The summed E-state index contributed by atoms with van der Waals surface area (Å²) in [5.41, 5.74) is 2.38. The highest BCUT2D eigenvalue weighted by molar-refractivity contribution is 6.02. The molecule has 23 heavy (non-hydrogen) atoms. The topological polar surface area (TPSA) is 52.7 Å². The highest BCUT2D eigenvalue weighted by Crippen LogP contribution is 2.37. The fourth-order valence-corrected chi connectivity index (χ4v) is 2.98. The van der Waals surface area contributed by atoms with E-state index in [1.54, 1.807) is 25.1 Å². The monoisotopic (exact) mass is 309 g/mol. The minimum Gasteiger partial charge on any atom is -0.358 e. The van der Waals surface area contributed by atoms with E-state index < -0.39 is 0 Å². The molecule has 0 fully saturated rings. The van der Waals surface area contributed by atoms with Crippen LogP contribution in [-0.4, -0.2) is 37.4 Å². The predicted octanol–water partition coefficient (Wildman–Crippen LogP) is 2.02. The number of para-hydroxylation sites is 1. The summed E-state index contributed by atoms with van der Waals surface area (Å²) in [6.07, 6.45) is -0.309. The van der Waals surface area contributed by atoms with Crippen LogP contribution in [0.15, 0.2) is 54.6 Å². The number of fused-ring (bicyclic) bond motifs is 1. The maximum Gasteiger partial charge on any atom is 0.257 e. The molecule has 0 bridgehead atoms. The Morgan fingerprint density at radius 1 is 1.09 bits per heavy atom. The molecule has 2 aromatic rings. The van der Waals surface area contributed by atoms with Crippen LogP contribution in [0.3, 0.4) is 0 Å². The van der Waals surface area contributed by atoms with Gasteiger partial charge in [-0.25, -0.2) is 0 Å². The number of rotatable bonds is 3. The highest BCUT2D eigenvalue weighted by atomic mass is 16.2. The molecule has 118 valence electrons. The molecule has 0 spiro atoms. The molecule has 2 amide bonds. The summed E-state index contributed by atoms with van der Waals surface area (Å²) in [6.45, 7) is 0.185. The molecule has 1 aliphatic rings. The third-order valence-corrected chi connectivity index (χ3v) is 4.12. The van der Waals surface area contributed by atoms with E-state index in [2.05, 4.69) is 5.32 Å². The number of likely N-dealkylation sites (N-methyl/N-ethyl adjacent to an activating group) is 1. The summed E-state index contributed by atoms with van der Waals surface area (Å²) < 4.78 is 0. The maximum atomic E-state index is 12.7. The van der Waals surface area contributed by atoms with Crippen LogP contribution in [0.4, 0.5) is 5.69 Å². The number of nitrogens with one attached hydrogen (secondary N) is 1. The molecule has 0 radical (unpaired) electrons. The van der Waals surface area contributed by atoms with Crippen molar-refractivity contribution >= 4 is 17.5 Å². The Kier molecular flexibility index (Phi) is 4.02. The molecule has 1 aliphatic heterocycles. The first-order valence-electron chi connectivity index (χ1n) is 7.52. The molecule has 1 unspecified atom stereocenters. The zero-order chi connectivity index (χ0) is 16.4. The van der Waals surface area contributed by atoms with E-state index in [4.69, 9.17) is 0 Å². The number of anilines is 1. The predicted molar refractivity (Wildman–Crippen MR) is 89.1 cm³/mol. The van der Waals surface area contributed by atoms with E-state index in [9.17, 15) is 9.59 Å². The summed E-state index contributed by atoms with van der Waals surface area (Å²) >= 11 is 0. The summed E-state index contributed by atoms with van der Waals surface area (Å²) in [6, 6.07) is 17.2. The molecule has 5 nitrogen and oxygen atoms in total. The first-order valence-corrected chi connectivity index (χ1v) is 7.52. The van der Waals surface area contributed by atoms with Crippen molar-refractivity contribution in [1.29, 1.82) is 0 Å². The molecule has 1 heterocycles. The Balaban J connectivity index is 2.12. The minimum absolute atomic E-state index is 0.0393. The first-order chi connectivity index (χ1) is 11.1. The number of amides is 2. The van der Waals surface area contributed by atoms with Crippen LogP contribution in [-0.2, 0) is 4.79 Å². The fourth-order valence-electron chi connectivity index (χ4n) is 2.98. The van der Waals surface area contributed by atoms with Gasteiger partial charge in [-0.3, -0.25) is 9.59 Å². The normalized spacial score (nSPS) is 17.0. The van der Waals surface area contributed by atoms with Gasteiger partial charge < -0.3 is 15.1 Å². The van der Waals surface area contributed by atoms with Gasteiger partial charge in [0.25, 0.3) is 5.91 Å². The van der Waals surface area contributed by atoms with Gasteiger partial charge in [-0.1, -0.05) is 42.5 Å². The highest BCUT2D eigenvalue weighted by Gasteiger charge is 2.36. The number of hydrogen-bond acceptors (Lipinski definition) is 3. The van der Waals surface area contributed by atoms with E-state index >= 15 is 0 Å². The Hall–Kier alpha value is -2.82. The number of nitrogens with zero attached hydrogens (tertiary/aromatic N) is 2. The van der Waals surface area contributed by atoms with Gasteiger partial charge in [0.05, 0.1) is 17.8 Å². The van der Waals surface area contributed by atoms with Gasteiger partial charge in [0.15, 0.2) is 0 Å². The number of carbonyl (C=O) groups excluding carboxylic acids is 2. The third-order valence-electron chi connectivity index (χ3n) is 4.12. The van der Waals surface area contributed by atoms with Crippen molar-refractivity contribution in [3.05, 3.63) is 65.7 Å². The Bertz CT molecular complexity index is 730. The molecule has 5 heteroatoms. The van der Waals surface area contributed by atoms with Crippen LogP contribution in [0.1, 0.15) is 22.1 Å². The van der Waals surface area contributed by atoms with Crippen LogP contribution in [0.5, 0.6) is 0 Å². The minimum atomic E-state index is -0.309. The lowest BCUT2D eigenvalue weighted by Crippen LogP contribution is -2.50. The van der Waals surface area contributed by atoms with Crippen molar-refractivity contribution in [1.82, 2.24) is 10.2 Å². The van der Waals surface area contributed by atoms with E-state index in [1.165, 1.54) is 0 Å². The molecule has 0 aliphatic carbocycles. The average molecular weight is 309 g/mol. The lowest BCUT2D eigenvalue weighted by atomic mass is 10.0. The van der Waals surface area contributed by atoms with E-state index in [-0.39, 0.29) is 24.5 Å². The van der Waals surface area contributed by atoms with Crippen molar-refractivity contribution in [2.75, 3.05) is 25.5 Å². The van der Waals surface area contributed by atoms with Crippen LogP contribution in [0.25, 0.3) is 0 Å². The molecule has 1 atom stereocenters. The Morgan fingerprint density at radius 3 is 2.43 bits per heavy atom. The van der Waals surface area contributed by atoms with Crippen molar-refractivity contribution in [3.8, 4) is 0 Å². The number of hydrogen-bond donors (Lipinski definition) is 1. The maximum absolute atomic E-state index is 12.7. The molecular weight excluding hydrogens is 290 g/mol. The number of benzene rings is 2. The average Bonchev–Trinajstić information content (AvgIpc) is 2.60. The second-order valence-corrected chi connectivity index (χ2v) is 5.52. The fraction of sp³-hybridized carbons (Fsp3) is 0.222. The summed E-state index contributed by atoms with van der Waals surface area (Å²) in [5.74, 6) is -0.133. The van der Waals surface area contributed by atoms with Crippen LogP contribution >= 0.6 is 0 Å². The van der Waals surface area contributed by atoms with Crippen molar-refractivity contribution < 1.29 is 9.59 Å². The molecular formula is C18H19N3O2. The smallest absolute Gasteiger partial charge is 0.257 e.